The minimum Gasteiger partial charge on any atom is -0.497 e. The lowest BCUT2D eigenvalue weighted by molar-refractivity contribution is -0.124. The van der Waals surface area contributed by atoms with Crippen LogP contribution >= 0.6 is 0 Å². The van der Waals surface area contributed by atoms with Crippen LogP contribution in [0.4, 0.5) is 5.69 Å². The van der Waals surface area contributed by atoms with E-state index >= 15 is 0 Å². The summed E-state index contributed by atoms with van der Waals surface area (Å²) < 4.78 is 5.17. The Morgan fingerprint density at radius 3 is 2.35 bits per heavy atom. The number of carbonyl (C=O) groups excluding carboxylic acids is 2. The van der Waals surface area contributed by atoms with Gasteiger partial charge in [0.25, 0.3) is 0 Å². The number of aryl methyl sites for hydroxylation is 4. The molecule has 0 saturated heterocycles. The molecule has 2 aromatic carbocycles. The molecule has 2 amide bonds. The number of carbonyl (C=O) groups is 2. The maximum absolute atomic E-state index is 12.1. The lowest BCUT2D eigenvalue weighted by atomic mass is 10.1. The number of anilines is 1. The van der Waals surface area contributed by atoms with Crippen molar-refractivity contribution in [1.82, 2.24) is 5.32 Å². The molecule has 0 radical (unpaired) electrons. The highest BCUT2D eigenvalue weighted by Crippen LogP contribution is 2.21. The van der Waals surface area contributed by atoms with Crippen LogP contribution in [0.3, 0.4) is 0 Å². The van der Waals surface area contributed by atoms with Gasteiger partial charge >= 0.3 is 0 Å². The summed E-state index contributed by atoms with van der Waals surface area (Å²) >= 11 is 0. The summed E-state index contributed by atoms with van der Waals surface area (Å²) in [6, 6.07) is 11.7. The zero-order valence-corrected chi connectivity index (χ0v) is 15.8. The Hall–Kier alpha value is -2.82. The van der Waals surface area contributed by atoms with Crippen LogP contribution in [0.1, 0.15) is 28.7 Å². The van der Waals surface area contributed by atoms with E-state index in [4.69, 9.17) is 4.74 Å². The second-order valence-corrected chi connectivity index (χ2v) is 6.45. The van der Waals surface area contributed by atoms with E-state index in [2.05, 4.69) is 10.6 Å². The molecule has 2 aromatic rings. The van der Waals surface area contributed by atoms with Crippen molar-refractivity contribution in [2.45, 2.75) is 33.6 Å². The van der Waals surface area contributed by atoms with E-state index in [0.717, 1.165) is 33.7 Å². The normalized spacial score (nSPS) is 10.3. The molecule has 26 heavy (non-hydrogen) atoms. The van der Waals surface area contributed by atoms with Gasteiger partial charge in [-0.3, -0.25) is 9.59 Å². The first kappa shape index (κ1) is 19.5. The smallest absolute Gasteiger partial charge is 0.243 e. The van der Waals surface area contributed by atoms with Gasteiger partial charge in [0.2, 0.25) is 11.8 Å². The van der Waals surface area contributed by atoms with E-state index in [-0.39, 0.29) is 18.4 Å². The standard InChI is InChI=1S/C21H26N2O3/c1-14-10-15(2)21(16(3)11-14)23-20(25)13-22-19(24)9-8-17-6-5-7-18(12-17)26-4/h5-7,10-12H,8-9,13H2,1-4H3,(H,22,24)(H,23,25). The largest absolute Gasteiger partial charge is 0.497 e. The fourth-order valence-electron chi connectivity index (χ4n) is 2.91. The Bertz CT molecular complexity index is 777. The van der Waals surface area contributed by atoms with Gasteiger partial charge in [0.15, 0.2) is 0 Å². The number of nitrogens with one attached hydrogen (secondary N) is 2. The summed E-state index contributed by atoms with van der Waals surface area (Å²) in [5.74, 6) is 0.390. The van der Waals surface area contributed by atoms with Crippen molar-refractivity contribution >= 4 is 17.5 Å². The third-order valence-electron chi connectivity index (χ3n) is 4.16. The molecule has 138 valence electrons. The molecule has 0 aliphatic rings. The topological polar surface area (TPSA) is 67.4 Å². The Morgan fingerprint density at radius 1 is 1.00 bits per heavy atom. The Kier molecular flexibility index (Phi) is 6.78. The van der Waals surface area contributed by atoms with Crippen LogP contribution in [0.5, 0.6) is 5.75 Å². The van der Waals surface area contributed by atoms with Crippen LogP contribution in [0, 0.1) is 20.8 Å². The highest BCUT2D eigenvalue weighted by atomic mass is 16.5. The number of benzene rings is 2. The molecule has 0 bridgehead atoms. The van der Waals surface area contributed by atoms with Crippen molar-refractivity contribution in [3.63, 3.8) is 0 Å². The van der Waals surface area contributed by atoms with Crippen molar-refractivity contribution in [1.29, 1.82) is 0 Å². The third kappa shape index (κ3) is 5.62. The molecule has 0 saturated carbocycles. The van der Waals surface area contributed by atoms with Crippen molar-refractivity contribution in [3.8, 4) is 5.75 Å². The fourth-order valence-corrected chi connectivity index (χ4v) is 2.91. The molecular formula is C21H26N2O3. The second kappa shape index (κ2) is 9.04. The molecule has 0 heterocycles. The van der Waals surface area contributed by atoms with Crippen LogP contribution < -0.4 is 15.4 Å². The molecule has 0 aromatic heterocycles. The lowest BCUT2D eigenvalue weighted by Crippen LogP contribution is -2.33. The lowest BCUT2D eigenvalue weighted by Gasteiger charge is -2.13. The predicted molar refractivity (Wildman–Crippen MR) is 104 cm³/mol. The van der Waals surface area contributed by atoms with Crippen LogP contribution in [-0.2, 0) is 16.0 Å². The van der Waals surface area contributed by atoms with Gasteiger partial charge in [-0.1, -0.05) is 29.8 Å². The van der Waals surface area contributed by atoms with Gasteiger partial charge in [-0.05, 0) is 56.0 Å². The van der Waals surface area contributed by atoms with Crippen LogP contribution in [0.25, 0.3) is 0 Å². The first-order chi connectivity index (χ1) is 12.4. The summed E-state index contributed by atoms with van der Waals surface area (Å²) in [5.41, 5.74) is 5.02. The molecular weight excluding hydrogens is 328 g/mol. The summed E-state index contributed by atoms with van der Waals surface area (Å²) in [6.07, 6.45) is 0.921. The summed E-state index contributed by atoms with van der Waals surface area (Å²) in [5, 5.41) is 5.55. The summed E-state index contributed by atoms with van der Waals surface area (Å²) in [6.45, 7) is 5.91. The molecule has 0 unspecified atom stereocenters. The monoisotopic (exact) mass is 354 g/mol. The highest BCUT2D eigenvalue weighted by Gasteiger charge is 2.10. The van der Waals surface area contributed by atoms with Crippen molar-refractivity contribution < 1.29 is 14.3 Å². The Balaban J connectivity index is 1.81. The zero-order valence-electron chi connectivity index (χ0n) is 15.8. The van der Waals surface area contributed by atoms with E-state index in [1.54, 1.807) is 7.11 Å². The van der Waals surface area contributed by atoms with Gasteiger partial charge in [0, 0.05) is 12.1 Å². The Labute approximate surface area is 154 Å². The van der Waals surface area contributed by atoms with Crippen molar-refractivity contribution in [2.75, 3.05) is 19.0 Å². The number of methoxy groups -OCH3 is 1. The van der Waals surface area contributed by atoms with Gasteiger partial charge in [-0.2, -0.15) is 0 Å². The maximum atomic E-state index is 12.1. The van der Waals surface area contributed by atoms with Gasteiger partial charge < -0.3 is 15.4 Å². The molecule has 0 spiro atoms. The van der Waals surface area contributed by atoms with Gasteiger partial charge in [-0.15, -0.1) is 0 Å². The summed E-state index contributed by atoms with van der Waals surface area (Å²) in [7, 11) is 1.61. The first-order valence-electron chi connectivity index (χ1n) is 8.66. The minimum absolute atomic E-state index is 0.0380. The predicted octanol–water partition coefficient (Wildman–Crippen LogP) is 3.31. The SMILES string of the molecule is COc1cccc(CCC(=O)NCC(=O)Nc2c(C)cc(C)cc2C)c1. The van der Waals surface area contributed by atoms with Crippen LogP contribution in [-0.4, -0.2) is 25.5 Å². The molecule has 5 nitrogen and oxygen atoms in total. The van der Waals surface area contributed by atoms with Crippen molar-refractivity contribution in [2.24, 2.45) is 0 Å². The molecule has 0 aliphatic heterocycles. The van der Waals surface area contributed by atoms with Gasteiger partial charge in [0.1, 0.15) is 5.75 Å². The second-order valence-electron chi connectivity index (χ2n) is 6.45. The fraction of sp³-hybridized carbons (Fsp3) is 0.333. The minimum atomic E-state index is -0.227. The van der Waals surface area contributed by atoms with E-state index in [1.807, 2.05) is 57.2 Å². The first-order valence-corrected chi connectivity index (χ1v) is 8.66. The van der Waals surface area contributed by atoms with E-state index in [1.165, 1.54) is 0 Å². The average molecular weight is 354 g/mol. The average Bonchev–Trinajstić information content (AvgIpc) is 2.61. The quantitative estimate of drug-likeness (QED) is 0.802. The van der Waals surface area contributed by atoms with E-state index < -0.39 is 0 Å². The number of ether oxygens (including phenoxy) is 1. The highest BCUT2D eigenvalue weighted by molar-refractivity contribution is 5.95. The van der Waals surface area contributed by atoms with Gasteiger partial charge in [0.05, 0.1) is 13.7 Å². The molecule has 0 fully saturated rings. The van der Waals surface area contributed by atoms with E-state index in [0.29, 0.717) is 12.8 Å². The molecule has 2 rings (SSSR count). The molecule has 0 atom stereocenters. The number of amides is 2. The summed E-state index contributed by atoms with van der Waals surface area (Å²) in [4.78, 5) is 24.1. The van der Waals surface area contributed by atoms with Crippen LogP contribution in [0.2, 0.25) is 0 Å². The zero-order chi connectivity index (χ0) is 19.1. The third-order valence-corrected chi connectivity index (χ3v) is 4.16. The van der Waals surface area contributed by atoms with Gasteiger partial charge in [-0.25, -0.2) is 0 Å². The number of hydrogen-bond donors (Lipinski definition) is 2. The number of hydrogen-bond acceptors (Lipinski definition) is 3. The number of rotatable bonds is 7. The van der Waals surface area contributed by atoms with E-state index in [9.17, 15) is 9.59 Å². The molecule has 0 aliphatic carbocycles. The maximum Gasteiger partial charge on any atom is 0.243 e. The Morgan fingerprint density at radius 2 is 1.69 bits per heavy atom. The van der Waals surface area contributed by atoms with Crippen molar-refractivity contribution in [3.05, 3.63) is 58.7 Å². The van der Waals surface area contributed by atoms with Crippen LogP contribution in [0.15, 0.2) is 36.4 Å². The molecule has 5 heteroatoms. The molecule has 2 N–H and O–H groups in total.